The number of fused-ring (bicyclic) bond motifs is 3. The van der Waals surface area contributed by atoms with Crippen LogP contribution in [0.1, 0.15) is 49.8 Å². The van der Waals surface area contributed by atoms with Gasteiger partial charge in [-0.25, -0.2) is 17.2 Å². The predicted octanol–water partition coefficient (Wildman–Crippen LogP) is 5.26. The maximum absolute atomic E-state index is 14.8. The Bertz CT molecular complexity index is 1380. The van der Waals surface area contributed by atoms with Crippen LogP contribution in [0.3, 0.4) is 0 Å². The largest absolute Gasteiger partial charge is 0.491 e. The summed E-state index contributed by atoms with van der Waals surface area (Å²) in [5.74, 6) is -0.610. The molecule has 39 heavy (non-hydrogen) atoms. The van der Waals surface area contributed by atoms with Crippen LogP contribution in [0.15, 0.2) is 42.5 Å². The molecular formula is C28H30F5NO4S. The van der Waals surface area contributed by atoms with Crippen molar-refractivity contribution in [1.82, 2.24) is 4.90 Å². The minimum absolute atomic E-state index is 0.0210. The van der Waals surface area contributed by atoms with Crippen LogP contribution in [-0.2, 0) is 32.1 Å². The number of rotatable bonds is 4. The molecule has 0 aromatic heterocycles. The summed E-state index contributed by atoms with van der Waals surface area (Å²) in [6.07, 6.45) is -3.90. The van der Waals surface area contributed by atoms with Gasteiger partial charge in [0.25, 0.3) is 0 Å². The van der Waals surface area contributed by atoms with Gasteiger partial charge < -0.3 is 9.64 Å². The van der Waals surface area contributed by atoms with Crippen molar-refractivity contribution in [3.63, 3.8) is 0 Å². The van der Waals surface area contributed by atoms with E-state index in [4.69, 9.17) is 4.74 Å². The SMILES string of the molecule is CC1(C(=O)N2CCC3(Cc4ccc(F)cc4)c4ccc(C(C)(F)C(F)(F)F)cc4OCC23)CCS(=O)(=O)CC1. The van der Waals surface area contributed by atoms with Crippen LogP contribution in [0.2, 0.25) is 0 Å². The molecule has 3 aliphatic heterocycles. The van der Waals surface area contributed by atoms with Crippen LogP contribution in [0.25, 0.3) is 0 Å². The lowest BCUT2D eigenvalue weighted by atomic mass is 9.68. The molecule has 0 aliphatic carbocycles. The molecule has 11 heteroatoms. The Morgan fingerprint density at radius 3 is 2.31 bits per heavy atom. The van der Waals surface area contributed by atoms with Crippen molar-refractivity contribution in [2.75, 3.05) is 24.7 Å². The Kier molecular flexibility index (Phi) is 6.55. The fourth-order valence-electron chi connectivity index (χ4n) is 6.24. The third-order valence-corrected chi connectivity index (χ3v) is 10.6. The van der Waals surface area contributed by atoms with Crippen molar-refractivity contribution in [3.8, 4) is 5.75 Å². The lowest BCUT2D eigenvalue weighted by molar-refractivity contribution is -0.228. The highest BCUT2D eigenvalue weighted by molar-refractivity contribution is 7.91. The molecule has 3 unspecified atom stereocenters. The highest BCUT2D eigenvalue weighted by atomic mass is 32.2. The van der Waals surface area contributed by atoms with Gasteiger partial charge in [-0.05, 0) is 56.4 Å². The quantitative estimate of drug-likeness (QED) is 0.470. The fraction of sp³-hybridized carbons (Fsp3) is 0.536. The van der Waals surface area contributed by atoms with E-state index >= 15 is 0 Å². The highest BCUT2D eigenvalue weighted by Gasteiger charge is 2.58. The zero-order chi connectivity index (χ0) is 28.4. The second-order valence-corrected chi connectivity index (χ2v) is 13.8. The summed E-state index contributed by atoms with van der Waals surface area (Å²) in [4.78, 5) is 15.6. The lowest BCUT2D eigenvalue weighted by Crippen LogP contribution is -2.55. The van der Waals surface area contributed by atoms with Gasteiger partial charge in [0.2, 0.25) is 11.6 Å². The number of alkyl halides is 4. The van der Waals surface area contributed by atoms with Crippen LogP contribution < -0.4 is 4.74 Å². The third-order valence-electron chi connectivity index (χ3n) is 8.94. The topological polar surface area (TPSA) is 63.7 Å². The molecule has 2 fully saturated rings. The molecule has 0 saturated carbocycles. The number of likely N-dealkylation sites (tertiary alicyclic amines) is 1. The molecule has 5 rings (SSSR count). The number of halogens is 5. The van der Waals surface area contributed by atoms with Gasteiger partial charge in [-0.15, -0.1) is 0 Å². The number of amides is 1. The molecule has 2 aromatic carbocycles. The number of hydrogen-bond donors (Lipinski definition) is 0. The van der Waals surface area contributed by atoms with E-state index in [1.807, 2.05) is 0 Å². The second kappa shape index (κ2) is 9.17. The van der Waals surface area contributed by atoms with Gasteiger partial charge in [0.05, 0.1) is 17.5 Å². The first kappa shape index (κ1) is 27.9. The Labute approximate surface area is 224 Å². The summed E-state index contributed by atoms with van der Waals surface area (Å²) in [5.41, 5.74) is -4.47. The Balaban J connectivity index is 1.55. The molecule has 2 saturated heterocycles. The average molecular weight is 572 g/mol. The number of ether oxygens (including phenoxy) is 1. The first-order chi connectivity index (χ1) is 18.1. The van der Waals surface area contributed by atoms with Crippen LogP contribution >= 0.6 is 0 Å². The minimum atomic E-state index is -5.12. The molecular weight excluding hydrogens is 541 g/mol. The molecule has 0 spiro atoms. The molecule has 3 atom stereocenters. The normalized spacial score (nSPS) is 27.2. The van der Waals surface area contributed by atoms with E-state index in [9.17, 15) is 35.2 Å². The van der Waals surface area contributed by atoms with E-state index in [-0.39, 0.29) is 42.6 Å². The Morgan fingerprint density at radius 2 is 1.69 bits per heavy atom. The van der Waals surface area contributed by atoms with Crippen molar-refractivity contribution in [3.05, 3.63) is 65.0 Å². The van der Waals surface area contributed by atoms with Gasteiger partial charge in [-0.1, -0.05) is 31.2 Å². The molecule has 1 amide bonds. The van der Waals surface area contributed by atoms with Gasteiger partial charge in [-0.2, -0.15) is 13.2 Å². The summed E-state index contributed by atoms with van der Waals surface area (Å²) < 4.78 is 98.7. The molecule has 3 aliphatic rings. The number of hydrogen-bond acceptors (Lipinski definition) is 4. The summed E-state index contributed by atoms with van der Waals surface area (Å²) in [6.45, 7) is 2.55. The van der Waals surface area contributed by atoms with Crippen LogP contribution in [0.5, 0.6) is 5.75 Å². The van der Waals surface area contributed by atoms with Crippen molar-refractivity contribution in [2.24, 2.45) is 5.41 Å². The van der Waals surface area contributed by atoms with Crippen LogP contribution in [0.4, 0.5) is 22.0 Å². The number of nitrogens with zero attached hydrogens (tertiary/aromatic N) is 1. The lowest BCUT2D eigenvalue weighted by Gasteiger charge is -2.45. The van der Waals surface area contributed by atoms with Crippen molar-refractivity contribution in [1.29, 1.82) is 0 Å². The van der Waals surface area contributed by atoms with Gasteiger partial charge in [0, 0.05) is 28.5 Å². The van der Waals surface area contributed by atoms with Crippen molar-refractivity contribution < 1.29 is 39.9 Å². The minimum Gasteiger partial charge on any atom is -0.491 e. The standard InChI is InChI=1S/C28H30F5NO4S/c1-25(10-13-39(36,37)14-11-25)24(35)34-12-9-27(16-18-3-6-20(29)7-4-18)21-8-5-19(26(2,30)28(31,32)33)15-22(21)38-17-23(27)34/h3-8,15,23H,9-14,16-17H2,1-2H3. The molecule has 2 aromatic rings. The van der Waals surface area contributed by atoms with E-state index < -0.39 is 49.9 Å². The number of benzene rings is 2. The van der Waals surface area contributed by atoms with Crippen LogP contribution in [0, 0.1) is 11.2 Å². The maximum atomic E-state index is 14.8. The predicted molar refractivity (Wildman–Crippen MR) is 134 cm³/mol. The van der Waals surface area contributed by atoms with E-state index in [1.165, 1.54) is 18.2 Å². The number of sulfone groups is 1. The van der Waals surface area contributed by atoms with Gasteiger partial charge >= 0.3 is 6.18 Å². The van der Waals surface area contributed by atoms with E-state index in [0.717, 1.165) is 17.7 Å². The molecule has 3 heterocycles. The fourth-order valence-corrected chi connectivity index (χ4v) is 7.97. The Morgan fingerprint density at radius 1 is 1.05 bits per heavy atom. The molecule has 5 nitrogen and oxygen atoms in total. The molecule has 0 bridgehead atoms. The zero-order valence-corrected chi connectivity index (χ0v) is 22.5. The smallest absolute Gasteiger partial charge is 0.426 e. The summed E-state index contributed by atoms with van der Waals surface area (Å²) >= 11 is 0. The summed E-state index contributed by atoms with van der Waals surface area (Å²) in [7, 11) is -3.19. The first-order valence-electron chi connectivity index (χ1n) is 12.9. The van der Waals surface area contributed by atoms with E-state index in [1.54, 1.807) is 24.0 Å². The third kappa shape index (κ3) is 4.70. The average Bonchev–Trinajstić information content (AvgIpc) is 3.25. The molecule has 0 radical (unpaired) electrons. The number of carbonyl (C=O) groups is 1. The molecule has 212 valence electrons. The monoisotopic (exact) mass is 571 g/mol. The van der Waals surface area contributed by atoms with Crippen molar-refractivity contribution in [2.45, 2.75) is 62.8 Å². The highest BCUT2D eigenvalue weighted by Crippen LogP contribution is 2.52. The van der Waals surface area contributed by atoms with Crippen molar-refractivity contribution >= 4 is 15.7 Å². The first-order valence-corrected chi connectivity index (χ1v) is 14.7. The molecule has 0 N–H and O–H groups in total. The summed E-state index contributed by atoms with van der Waals surface area (Å²) in [5, 5.41) is 0. The second-order valence-electron chi connectivity index (χ2n) is 11.5. The Hall–Kier alpha value is -2.69. The van der Waals surface area contributed by atoms with Gasteiger partial charge in [0.15, 0.2) is 0 Å². The van der Waals surface area contributed by atoms with E-state index in [0.29, 0.717) is 31.9 Å². The van der Waals surface area contributed by atoms with Crippen LogP contribution in [-0.4, -0.2) is 56.1 Å². The summed E-state index contributed by atoms with van der Waals surface area (Å²) in [6, 6.07) is 9.06. The maximum Gasteiger partial charge on any atom is 0.426 e. The number of carbonyl (C=O) groups excluding carboxylic acids is 1. The zero-order valence-electron chi connectivity index (χ0n) is 21.7. The van der Waals surface area contributed by atoms with E-state index in [2.05, 4.69) is 0 Å². The van der Waals surface area contributed by atoms with Gasteiger partial charge in [0.1, 0.15) is 28.0 Å². The van der Waals surface area contributed by atoms with Gasteiger partial charge in [-0.3, -0.25) is 4.79 Å².